The van der Waals surface area contributed by atoms with Crippen molar-refractivity contribution in [3.05, 3.63) is 17.0 Å². The van der Waals surface area contributed by atoms with Gasteiger partial charge in [0.2, 0.25) is 5.91 Å². The summed E-state index contributed by atoms with van der Waals surface area (Å²) in [6.07, 6.45) is 1.88. The van der Waals surface area contributed by atoms with E-state index in [4.69, 9.17) is 9.26 Å². The van der Waals surface area contributed by atoms with Gasteiger partial charge in [-0.3, -0.25) is 9.59 Å². The maximum atomic E-state index is 12.3. The molecule has 6 nitrogen and oxygen atoms in total. The Balaban J connectivity index is 2.00. The van der Waals surface area contributed by atoms with E-state index in [0.717, 1.165) is 24.1 Å². The molecular formula is C14H20N2O4. The maximum absolute atomic E-state index is 12.3. The van der Waals surface area contributed by atoms with Gasteiger partial charge >= 0.3 is 5.97 Å². The number of hydrogen-bond donors (Lipinski definition) is 0. The van der Waals surface area contributed by atoms with Crippen molar-refractivity contribution in [1.82, 2.24) is 10.1 Å². The van der Waals surface area contributed by atoms with Gasteiger partial charge in [0, 0.05) is 18.7 Å². The summed E-state index contributed by atoms with van der Waals surface area (Å²) in [6.45, 7) is 4.76. The maximum Gasteiger partial charge on any atom is 0.310 e. The Morgan fingerprint density at radius 2 is 2.20 bits per heavy atom. The fourth-order valence-corrected chi connectivity index (χ4v) is 2.58. The minimum atomic E-state index is -0.236. The van der Waals surface area contributed by atoms with Crippen molar-refractivity contribution in [2.45, 2.75) is 33.1 Å². The Hall–Kier alpha value is -1.85. The second-order valence-corrected chi connectivity index (χ2v) is 5.18. The Kier molecular flexibility index (Phi) is 4.42. The summed E-state index contributed by atoms with van der Waals surface area (Å²) in [5.41, 5.74) is 1.59. The quantitative estimate of drug-likeness (QED) is 0.779. The molecule has 20 heavy (non-hydrogen) atoms. The molecule has 0 spiro atoms. The number of carbonyl (C=O) groups excluding carboxylic acids is 2. The van der Waals surface area contributed by atoms with Crippen LogP contribution in [0.5, 0.6) is 0 Å². The zero-order chi connectivity index (χ0) is 14.7. The van der Waals surface area contributed by atoms with Gasteiger partial charge in [0.05, 0.1) is 25.1 Å². The van der Waals surface area contributed by atoms with Gasteiger partial charge < -0.3 is 14.2 Å². The highest BCUT2D eigenvalue weighted by molar-refractivity contribution is 5.80. The molecule has 1 amide bonds. The van der Waals surface area contributed by atoms with Crippen LogP contribution in [0.25, 0.3) is 0 Å². The zero-order valence-electron chi connectivity index (χ0n) is 12.1. The largest absolute Gasteiger partial charge is 0.469 e. The lowest BCUT2D eigenvalue weighted by Crippen LogP contribution is -2.43. The van der Waals surface area contributed by atoms with Crippen LogP contribution in [0, 0.1) is 19.8 Å². The third-order valence-electron chi connectivity index (χ3n) is 3.82. The molecular weight excluding hydrogens is 260 g/mol. The van der Waals surface area contributed by atoms with E-state index in [2.05, 4.69) is 5.16 Å². The first-order valence-corrected chi connectivity index (χ1v) is 6.80. The van der Waals surface area contributed by atoms with Crippen molar-refractivity contribution >= 4 is 11.9 Å². The minimum Gasteiger partial charge on any atom is -0.469 e. The van der Waals surface area contributed by atoms with Gasteiger partial charge in [-0.05, 0) is 26.7 Å². The van der Waals surface area contributed by atoms with Gasteiger partial charge in [0.1, 0.15) is 5.76 Å². The van der Waals surface area contributed by atoms with Crippen LogP contribution in [0.15, 0.2) is 4.52 Å². The highest BCUT2D eigenvalue weighted by Gasteiger charge is 2.29. The van der Waals surface area contributed by atoms with E-state index in [0.29, 0.717) is 18.8 Å². The first-order chi connectivity index (χ1) is 9.52. The first kappa shape index (κ1) is 14.6. The lowest BCUT2D eigenvalue weighted by atomic mass is 9.97. The monoisotopic (exact) mass is 280 g/mol. The summed E-state index contributed by atoms with van der Waals surface area (Å²) in [5, 5.41) is 3.85. The zero-order valence-corrected chi connectivity index (χ0v) is 12.1. The molecule has 1 saturated heterocycles. The molecule has 110 valence electrons. The lowest BCUT2D eigenvalue weighted by Gasteiger charge is -2.31. The third-order valence-corrected chi connectivity index (χ3v) is 3.82. The number of likely N-dealkylation sites (tertiary alicyclic amines) is 1. The number of carbonyl (C=O) groups is 2. The molecule has 0 N–H and O–H groups in total. The molecule has 0 aromatic carbocycles. The number of rotatable bonds is 3. The normalized spacial score (nSPS) is 18.9. The molecule has 2 rings (SSSR count). The van der Waals surface area contributed by atoms with Crippen LogP contribution < -0.4 is 0 Å². The Morgan fingerprint density at radius 3 is 2.80 bits per heavy atom. The number of amides is 1. The fraction of sp³-hybridized carbons (Fsp3) is 0.643. The Labute approximate surface area is 118 Å². The molecule has 1 unspecified atom stereocenters. The number of aryl methyl sites for hydroxylation is 2. The van der Waals surface area contributed by atoms with E-state index in [9.17, 15) is 9.59 Å². The predicted octanol–water partition coefficient (Wildman–Crippen LogP) is 1.25. The van der Waals surface area contributed by atoms with E-state index in [1.165, 1.54) is 7.11 Å². The van der Waals surface area contributed by atoms with Crippen molar-refractivity contribution < 1.29 is 18.8 Å². The number of esters is 1. The molecule has 2 heterocycles. The van der Waals surface area contributed by atoms with Crippen LogP contribution in [0.4, 0.5) is 0 Å². The molecule has 1 aromatic rings. The van der Waals surface area contributed by atoms with E-state index in [1.54, 1.807) is 11.8 Å². The fourth-order valence-electron chi connectivity index (χ4n) is 2.58. The number of ether oxygens (including phenoxy) is 1. The summed E-state index contributed by atoms with van der Waals surface area (Å²) < 4.78 is 9.83. The molecule has 0 bridgehead atoms. The second-order valence-electron chi connectivity index (χ2n) is 5.18. The highest BCUT2D eigenvalue weighted by Crippen LogP contribution is 2.20. The van der Waals surface area contributed by atoms with Crippen LogP contribution in [0.3, 0.4) is 0 Å². The summed E-state index contributed by atoms with van der Waals surface area (Å²) in [6, 6.07) is 0. The molecule has 1 aromatic heterocycles. The van der Waals surface area contributed by atoms with Gasteiger partial charge in [-0.25, -0.2) is 0 Å². The summed E-state index contributed by atoms with van der Waals surface area (Å²) in [4.78, 5) is 25.6. The van der Waals surface area contributed by atoms with Crippen LogP contribution in [-0.4, -0.2) is 42.1 Å². The lowest BCUT2D eigenvalue weighted by molar-refractivity contribution is -0.148. The number of methoxy groups -OCH3 is 1. The molecule has 1 atom stereocenters. The Bertz CT molecular complexity index is 490. The van der Waals surface area contributed by atoms with Crippen molar-refractivity contribution in [2.24, 2.45) is 5.92 Å². The minimum absolute atomic E-state index is 0.00741. The second kappa shape index (κ2) is 6.07. The number of aromatic nitrogens is 1. The smallest absolute Gasteiger partial charge is 0.310 e. The van der Waals surface area contributed by atoms with Crippen LogP contribution >= 0.6 is 0 Å². The molecule has 0 saturated carbocycles. The number of nitrogens with zero attached hydrogens (tertiary/aromatic N) is 2. The van der Waals surface area contributed by atoms with Crippen molar-refractivity contribution in [2.75, 3.05) is 20.2 Å². The van der Waals surface area contributed by atoms with E-state index in [-0.39, 0.29) is 24.2 Å². The Morgan fingerprint density at radius 1 is 1.45 bits per heavy atom. The molecule has 1 aliphatic rings. The molecule has 1 aliphatic heterocycles. The van der Waals surface area contributed by atoms with Crippen molar-refractivity contribution in [3.63, 3.8) is 0 Å². The van der Waals surface area contributed by atoms with Crippen molar-refractivity contribution in [3.8, 4) is 0 Å². The van der Waals surface area contributed by atoms with Crippen LogP contribution in [-0.2, 0) is 20.7 Å². The number of piperidine rings is 1. The topological polar surface area (TPSA) is 72.6 Å². The summed E-state index contributed by atoms with van der Waals surface area (Å²) in [5.74, 6) is 0.243. The molecule has 0 aliphatic carbocycles. The third kappa shape index (κ3) is 3.00. The van der Waals surface area contributed by atoms with Crippen molar-refractivity contribution in [1.29, 1.82) is 0 Å². The molecule has 0 radical (unpaired) electrons. The SMILES string of the molecule is COC(=O)C1CCCN(C(=O)Cc2c(C)noc2C)C1. The standard InChI is InChI=1S/C14H20N2O4/c1-9-12(10(2)20-15-9)7-13(17)16-6-4-5-11(8-16)14(18)19-3/h11H,4-8H2,1-3H3. The van der Waals surface area contributed by atoms with E-state index < -0.39 is 0 Å². The van der Waals surface area contributed by atoms with Gasteiger partial charge in [-0.1, -0.05) is 5.16 Å². The van der Waals surface area contributed by atoms with Gasteiger partial charge in [0.25, 0.3) is 0 Å². The van der Waals surface area contributed by atoms with Gasteiger partial charge in [-0.2, -0.15) is 0 Å². The molecule has 6 heteroatoms. The summed E-state index contributed by atoms with van der Waals surface area (Å²) in [7, 11) is 1.38. The van der Waals surface area contributed by atoms with Crippen LogP contribution in [0.2, 0.25) is 0 Å². The number of hydrogen-bond acceptors (Lipinski definition) is 5. The van der Waals surface area contributed by atoms with E-state index in [1.807, 2.05) is 6.92 Å². The average molecular weight is 280 g/mol. The average Bonchev–Trinajstić information content (AvgIpc) is 2.78. The summed E-state index contributed by atoms with van der Waals surface area (Å²) >= 11 is 0. The van der Waals surface area contributed by atoms with E-state index >= 15 is 0 Å². The predicted molar refractivity (Wildman–Crippen MR) is 71.0 cm³/mol. The molecule has 1 fully saturated rings. The van der Waals surface area contributed by atoms with Gasteiger partial charge in [-0.15, -0.1) is 0 Å². The van der Waals surface area contributed by atoms with Crippen LogP contribution in [0.1, 0.15) is 29.9 Å². The highest BCUT2D eigenvalue weighted by atomic mass is 16.5. The first-order valence-electron chi connectivity index (χ1n) is 6.80. The van der Waals surface area contributed by atoms with Gasteiger partial charge in [0.15, 0.2) is 0 Å².